The third-order valence-corrected chi connectivity index (χ3v) is 9.61. The fourth-order valence-electron chi connectivity index (χ4n) is 2.96. The first-order valence-corrected chi connectivity index (χ1v) is 12.8. The molecule has 0 spiro atoms. The predicted molar refractivity (Wildman–Crippen MR) is 123 cm³/mol. The number of aliphatic hydroxyl groups excluding tert-OH is 2. The summed E-state index contributed by atoms with van der Waals surface area (Å²) in [6, 6.07) is 7.33. The van der Waals surface area contributed by atoms with Crippen LogP contribution in [0.25, 0.3) is 5.95 Å². The fraction of sp³-hybridized carbons (Fsp3) is 0.211. The van der Waals surface area contributed by atoms with Crippen LogP contribution in [0.4, 0.5) is 17.6 Å². The molecule has 3 aromatic rings. The Morgan fingerprint density at radius 2 is 1.61 bits per heavy atom. The van der Waals surface area contributed by atoms with E-state index in [4.69, 9.17) is 0 Å². The number of rotatable bonds is 10. The maximum atomic E-state index is 12.8. The quantitative estimate of drug-likeness (QED) is 0.133. The van der Waals surface area contributed by atoms with Gasteiger partial charge in [-0.25, -0.2) is 17.8 Å². The van der Waals surface area contributed by atoms with E-state index in [9.17, 15) is 41.5 Å². The third-order valence-electron chi connectivity index (χ3n) is 4.99. The van der Waals surface area contributed by atoms with Crippen LogP contribution in [0.1, 0.15) is 10.4 Å². The predicted octanol–water partition coefficient (Wildman–Crippen LogP) is -1.03. The lowest BCUT2D eigenvalue weighted by Crippen LogP contribution is -2.52. The van der Waals surface area contributed by atoms with Crippen molar-refractivity contribution in [3.8, 4) is 5.95 Å². The second-order valence-electron chi connectivity index (χ2n) is 7.19. The first kappa shape index (κ1) is 26.8. The zero-order chi connectivity index (χ0) is 26.7. The Morgan fingerprint density at radius 3 is 2.14 bits per heavy atom. The minimum Gasteiger partial charge on any atom is -0.478 e. The molecule has 192 valence electrons. The van der Waals surface area contributed by atoms with Crippen molar-refractivity contribution in [1.82, 2.24) is 15.0 Å². The Kier molecular flexibility index (Phi) is 7.51. The summed E-state index contributed by atoms with van der Waals surface area (Å²) >= 11 is 0. The first-order chi connectivity index (χ1) is 16.9. The lowest BCUT2D eigenvalue weighted by atomic mass is 10.3. The molecule has 0 saturated carbocycles. The van der Waals surface area contributed by atoms with Crippen LogP contribution in [0.15, 0.2) is 53.7 Å². The maximum Gasteiger partial charge on any atom is 0.444 e. The number of pyridine rings is 1. The number of hydrogen-bond acceptors (Lipinski definition) is 12. The summed E-state index contributed by atoms with van der Waals surface area (Å²) in [7, 11) is -8.81. The monoisotopic (exact) mass is 541 g/mol. The molecular formula is C19H21N6O9S2+. The minimum absolute atomic E-state index is 0.00816. The number of hydrogen-bond donors (Lipinski definition) is 6. The lowest BCUT2D eigenvalue weighted by molar-refractivity contribution is -0.603. The van der Waals surface area contributed by atoms with Crippen molar-refractivity contribution >= 4 is 43.5 Å². The van der Waals surface area contributed by atoms with E-state index in [1.54, 1.807) is 7.05 Å². The molecule has 17 heteroatoms. The molecule has 0 fully saturated rings. The van der Waals surface area contributed by atoms with Crippen molar-refractivity contribution < 1.29 is 46.1 Å². The van der Waals surface area contributed by atoms with Gasteiger partial charge in [-0.2, -0.15) is 8.42 Å². The number of carbonyl (C=O) groups is 1. The Bertz CT molecular complexity index is 1490. The van der Waals surface area contributed by atoms with Crippen LogP contribution in [0, 0.1) is 0 Å². The third kappa shape index (κ3) is 4.95. The van der Waals surface area contributed by atoms with Crippen molar-refractivity contribution in [2.45, 2.75) is 8.97 Å². The molecular weight excluding hydrogens is 520 g/mol. The van der Waals surface area contributed by atoms with E-state index in [0.717, 1.165) is 12.1 Å². The molecule has 0 amide bonds. The molecule has 6 N–H and O–H groups in total. The number of anilines is 3. The highest BCUT2D eigenvalue weighted by molar-refractivity contribution is 8.08. The lowest BCUT2D eigenvalue weighted by Gasteiger charge is -2.26. The van der Waals surface area contributed by atoms with Gasteiger partial charge in [0.05, 0.1) is 36.1 Å². The maximum absolute atomic E-state index is 12.8. The first-order valence-electron chi connectivity index (χ1n) is 9.88. The molecule has 0 unspecified atom stereocenters. The minimum atomic E-state index is -5.42. The summed E-state index contributed by atoms with van der Waals surface area (Å²) in [5, 5.41) is 33.6. The van der Waals surface area contributed by atoms with Crippen LogP contribution in [0.2, 0.25) is 0 Å². The number of aliphatic hydroxyl groups is 2. The van der Waals surface area contributed by atoms with Crippen LogP contribution in [0.5, 0.6) is 0 Å². The van der Waals surface area contributed by atoms with Crippen LogP contribution < -0.4 is 15.2 Å². The van der Waals surface area contributed by atoms with Gasteiger partial charge in [0.2, 0.25) is 13.9 Å². The number of nitrogens with one attached hydrogen (secondary N) is 2. The second-order valence-corrected chi connectivity index (χ2v) is 11.4. The summed E-state index contributed by atoms with van der Waals surface area (Å²) in [4.78, 5) is 23.2. The fourth-order valence-corrected chi connectivity index (χ4v) is 5.95. The highest BCUT2D eigenvalue weighted by Gasteiger charge is 2.55. The van der Waals surface area contributed by atoms with Gasteiger partial charge in [-0.3, -0.25) is 4.55 Å². The van der Waals surface area contributed by atoms with Crippen molar-refractivity contribution in [3.05, 3.63) is 54.4 Å². The number of benzene rings is 1. The summed E-state index contributed by atoms with van der Waals surface area (Å²) in [5.74, 6) is -0.978. The van der Waals surface area contributed by atoms with Crippen LogP contribution in [-0.2, 0) is 20.0 Å². The Hall–Kier alpha value is -3.77. The average molecular weight is 542 g/mol. The SMILES string of the molecule is CNc1nc(Nc2ccc(S(=O)(=O)C(CO)(CO)S(=O)(=O)O)cc2)nc(-[n+]2cccc(C(=O)O)c2)n1. The molecule has 3 rings (SSSR count). The van der Waals surface area contributed by atoms with Gasteiger partial charge >= 0.3 is 23.8 Å². The van der Waals surface area contributed by atoms with E-state index in [2.05, 4.69) is 25.6 Å². The number of nitrogens with zero attached hydrogens (tertiary/aromatic N) is 4. The topological polar surface area (TPSA) is 233 Å². The summed E-state index contributed by atoms with van der Waals surface area (Å²) < 4.78 is 56.5. The van der Waals surface area contributed by atoms with E-state index in [-0.39, 0.29) is 29.1 Å². The Balaban J connectivity index is 1.96. The number of aromatic nitrogens is 4. The molecule has 0 atom stereocenters. The van der Waals surface area contributed by atoms with E-state index in [1.807, 2.05) is 0 Å². The number of sulfone groups is 1. The zero-order valence-corrected chi connectivity index (χ0v) is 20.1. The molecule has 0 aliphatic carbocycles. The summed E-state index contributed by atoms with van der Waals surface area (Å²) in [6.45, 7) is -3.16. The Morgan fingerprint density at radius 1 is 1.00 bits per heavy atom. The van der Waals surface area contributed by atoms with Gasteiger partial charge in [0.25, 0.3) is 10.1 Å². The Labute approximate surface area is 204 Å². The van der Waals surface area contributed by atoms with Crippen molar-refractivity contribution in [2.75, 3.05) is 30.9 Å². The van der Waals surface area contributed by atoms with Gasteiger partial charge in [-0.15, -0.1) is 4.98 Å². The van der Waals surface area contributed by atoms with Crippen molar-refractivity contribution in [2.24, 2.45) is 0 Å². The molecule has 0 saturated heterocycles. The molecule has 2 heterocycles. The molecule has 36 heavy (non-hydrogen) atoms. The van der Waals surface area contributed by atoms with Gasteiger partial charge in [-0.05, 0) is 46.4 Å². The summed E-state index contributed by atoms with van der Waals surface area (Å²) in [5.41, 5.74) is 0.241. The van der Waals surface area contributed by atoms with E-state index in [1.165, 1.54) is 41.2 Å². The van der Waals surface area contributed by atoms with Gasteiger partial charge in [0.1, 0.15) is 0 Å². The van der Waals surface area contributed by atoms with Gasteiger partial charge in [0.15, 0.2) is 0 Å². The molecule has 0 aliphatic rings. The molecule has 0 bridgehead atoms. The summed E-state index contributed by atoms with van der Waals surface area (Å²) in [6.07, 6.45) is 2.82. The van der Waals surface area contributed by atoms with Crippen LogP contribution in [-0.4, -0.2) is 82.0 Å². The van der Waals surface area contributed by atoms with Crippen LogP contribution >= 0.6 is 0 Å². The zero-order valence-electron chi connectivity index (χ0n) is 18.5. The second kappa shape index (κ2) is 10.1. The van der Waals surface area contributed by atoms with Crippen LogP contribution in [0.3, 0.4) is 0 Å². The van der Waals surface area contributed by atoms with Crippen molar-refractivity contribution in [1.29, 1.82) is 0 Å². The van der Waals surface area contributed by atoms with Gasteiger partial charge in [-0.1, -0.05) is 0 Å². The molecule has 0 aliphatic heterocycles. The highest BCUT2D eigenvalue weighted by atomic mass is 32.3. The smallest absolute Gasteiger partial charge is 0.444 e. The van der Waals surface area contributed by atoms with E-state index in [0.29, 0.717) is 0 Å². The molecule has 15 nitrogen and oxygen atoms in total. The number of carboxylic acid groups (broad SMARTS) is 1. The highest BCUT2D eigenvalue weighted by Crippen LogP contribution is 2.31. The average Bonchev–Trinajstić information content (AvgIpc) is 2.84. The normalized spacial score (nSPS) is 12.2. The standard InChI is InChI=1S/C19H20N6O9S2/c1-20-16-22-17(24-18(23-16)25-8-2-3-12(9-25)15(28)29)21-13-4-6-14(7-5-13)35(30,31)19(10-26,11-27)36(32,33)34/h2-9,26-27H,10-11H2,1H3,(H3-,20,21,22,23,24,28,29,32,33,34)/p+1. The largest absolute Gasteiger partial charge is 0.478 e. The van der Waals surface area contributed by atoms with E-state index >= 15 is 0 Å². The number of carboxylic acids is 1. The molecule has 2 aromatic heterocycles. The molecule has 0 radical (unpaired) electrons. The van der Waals surface area contributed by atoms with E-state index < -0.39 is 48.1 Å². The van der Waals surface area contributed by atoms with Gasteiger partial charge < -0.3 is 26.0 Å². The molecule has 1 aromatic carbocycles. The van der Waals surface area contributed by atoms with Gasteiger partial charge in [0, 0.05) is 12.7 Å². The number of aromatic carboxylic acids is 1. The van der Waals surface area contributed by atoms with Crippen molar-refractivity contribution in [3.63, 3.8) is 0 Å².